The van der Waals surface area contributed by atoms with Gasteiger partial charge in [0.2, 0.25) is 11.8 Å². The third kappa shape index (κ3) is 6.98. The van der Waals surface area contributed by atoms with Gasteiger partial charge in [0.25, 0.3) is 10.0 Å². The number of hydrogen-bond donors (Lipinski definition) is 1. The first-order valence-corrected chi connectivity index (χ1v) is 14.0. The molecule has 0 aliphatic heterocycles. The molecule has 0 heterocycles. The highest BCUT2D eigenvalue weighted by molar-refractivity contribution is 7.92. The molecule has 1 N–H and O–H groups in total. The average Bonchev–Trinajstić information content (AvgIpc) is 2.91. The normalized spacial score (nSPS) is 12.2. The molecule has 202 valence electrons. The molecule has 38 heavy (non-hydrogen) atoms. The molecule has 0 radical (unpaired) electrons. The van der Waals surface area contributed by atoms with Crippen LogP contribution in [-0.4, -0.2) is 44.3 Å². The predicted molar refractivity (Wildman–Crippen MR) is 147 cm³/mol. The van der Waals surface area contributed by atoms with Gasteiger partial charge in [-0.3, -0.25) is 13.9 Å². The standard InChI is InChI=1S/C29H34FN3O4S/c1-5-31-29(35)22(4)32(19-23-11-15-25(30)16-12-23)28(34)20-33(26-17-13-24(14-18-26)21(2)3)38(36,37)27-9-7-6-8-10-27/h6-18,21-22H,5,19-20H2,1-4H3,(H,31,35). The lowest BCUT2D eigenvalue weighted by atomic mass is 10.0. The lowest BCUT2D eigenvalue weighted by Gasteiger charge is -2.32. The van der Waals surface area contributed by atoms with Crippen LogP contribution in [0.4, 0.5) is 10.1 Å². The first-order valence-electron chi connectivity index (χ1n) is 12.5. The van der Waals surface area contributed by atoms with E-state index >= 15 is 0 Å². The minimum Gasteiger partial charge on any atom is -0.355 e. The minimum atomic E-state index is -4.11. The summed E-state index contributed by atoms with van der Waals surface area (Å²) in [4.78, 5) is 27.8. The molecule has 7 nitrogen and oxygen atoms in total. The summed E-state index contributed by atoms with van der Waals surface area (Å²) in [6.07, 6.45) is 0. The molecule has 2 amide bonds. The molecule has 0 saturated heterocycles. The molecular weight excluding hydrogens is 505 g/mol. The second-order valence-electron chi connectivity index (χ2n) is 9.29. The van der Waals surface area contributed by atoms with Crippen LogP contribution in [-0.2, 0) is 26.2 Å². The number of likely N-dealkylation sites (N-methyl/N-ethyl adjacent to an activating group) is 1. The van der Waals surface area contributed by atoms with Gasteiger partial charge in [-0.05, 0) is 67.3 Å². The van der Waals surface area contributed by atoms with Crippen molar-refractivity contribution in [1.29, 1.82) is 0 Å². The molecule has 0 aliphatic rings. The van der Waals surface area contributed by atoms with Gasteiger partial charge in [0.05, 0.1) is 10.6 Å². The Hall–Kier alpha value is -3.72. The van der Waals surface area contributed by atoms with Crippen molar-refractivity contribution in [3.05, 3.63) is 95.8 Å². The number of amides is 2. The second-order valence-corrected chi connectivity index (χ2v) is 11.2. The van der Waals surface area contributed by atoms with Gasteiger partial charge < -0.3 is 10.2 Å². The maximum atomic E-state index is 13.8. The summed E-state index contributed by atoms with van der Waals surface area (Å²) < 4.78 is 42.0. The van der Waals surface area contributed by atoms with Crippen LogP contribution in [0.1, 0.15) is 44.7 Å². The van der Waals surface area contributed by atoms with Gasteiger partial charge >= 0.3 is 0 Å². The maximum Gasteiger partial charge on any atom is 0.264 e. The zero-order valence-electron chi connectivity index (χ0n) is 22.1. The summed E-state index contributed by atoms with van der Waals surface area (Å²) >= 11 is 0. The Labute approximate surface area is 224 Å². The minimum absolute atomic E-state index is 0.00290. The number of halogens is 1. The van der Waals surface area contributed by atoms with Crippen LogP contribution in [0.2, 0.25) is 0 Å². The van der Waals surface area contributed by atoms with Crippen molar-refractivity contribution in [1.82, 2.24) is 10.2 Å². The van der Waals surface area contributed by atoms with E-state index in [1.54, 1.807) is 44.2 Å². The van der Waals surface area contributed by atoms with Crippen molar-refractivity contribution in [2.75, 3.05) is 17.4 Å². The Morgan fingerprint density at radius 2 is 1.50 bits per heavy atom. The number of nitrogens with one attached hydrogen (secondary N) is 1. The number of carbonyl (C=O) groups excluding carboxylic acids is 2. The summed E-state index contributed by atoms with van der Waals surface area (Å²) in [5, 5.41) is 2.71. The molecule has 3 rings (SSSR count). The quantitative estimate of drug-likeness (QED) is 0.383. The summed E-state index contributed by atoms with van der Waals surface area (Å²) in [6, 6.07) is 19.7. The van der Waals surface area contributed by atoms with Crippen molar-refractivity contribution in [3.8, 4) is 0 Å². The summed E-state index contributed by atoms with van der Waals surface area (Å²) in [7, 11) is -4.11. The van der Waals surface area contributed by atoms with Crippen LogP contribution < -0.4 is 9.62 Å². The Morgan fingerprint density at radius 3 is 2.05 bits per heavy atom. The highest BCUT2D eigenvalue weighted by atomic mass is 32.2. The lowest BCUT2D eigenvalue weighted by molar-refractivity contribution is -0.139. The van der Waals surface area contributed by atoms with Gasteiger partial charge in [0, 0.05) is 13.1 Å². The largest absolute Gasteiger partial charge is 0.355 e. The van der Waals surface area contributed by atoms with E-state index in [-0.39, 0.29) is 23.3 Å². The van der Waals surface area contributed by atoms with Gasteiger partial charge in [-0.15, -0.1) is 0 Å². The summed E-state index contributed by atoms with van der Waals surface area (Å²) in [6.45, 7) is 7.27. The van der Waals surface area contributed by atoms with Crippen LogP contribution in [0.5, 0.6) is 0 Å². The van der Waals surface area contributed by atoms with E-state index in [1.165, 1.54) is 41.3 Å². The molecule has 3 aromatic carbocycles. The fourth-order valence-electron chi connectivity index (χ4n) is 3.96. The van der Waals surface area contributed by atoms with Crippen molar-refractivity contribution in [2.24, 2.45) is 0 Å². The first-order chi connectivity index (χ1) is 18.0. The molecule has 1 atom stereocenters. The SMILES string of the molecule is CCNC(=O)C(C)N(Cc1ccc(F)cc1)C(=O)CN(c1ccc(C(C)C)cc1)S(=O)(=O)c1ccccc1. The molecule has 3 aromatic rings. The van der Waals surface area contributed by atoms with Gasteiger partial charge in [0.15, 0.2) is 0 Å². The first kappa shape index (κ1) is 28.8. The van der Waals surface area contributed by atoms with E-state index in [0.29, 0.717) is 17.8 Å². The Bertz CT molecular complexity index is 1330. The van der Waals surface area contributed by atoms with Crippen molar-refractivity contribution in [2.45, 2.75) is 51.1 Å². The van der Waals surface area contributed by atoms with Gasteiger partial charge in [-0.2, -0.15) is 0 Å². The number of sulfonamides is 1. The highest BCUT2D eigenvalue weighted by Gasteiger charge is 2.32. The highest BCUT2D eigenvalue weighted by Crippen LogP contribution is 2.26. The zero-order chi connectivity index (χ0) is 27.9. The number of rotatable bonds is 11. The van der Waals surface area contributed by atoms with Gasteiger partial charge in [-0.25, -0.2) is 12.8 Å². The third-order valence-corrected chi connectivity index (χ3v) is 8.03. The number of carbonyl (C=O) groups is 2. The second kappa shape index (κ2) is 12.7. The van der Waals surface area contributed by atoms with Crippen LogP contribution in [0.25, 0.3) is 0 Å². The predicted octanol–water partition coefficient (Wildman–Crippen LogP) is 4.70. The molecule has 0 saturated carbocycles. The molecule has 0 spiro atoms. The fourth-order valence-corrected chi connectivity index (χ4v) is 5.40. The number of hydrogen-bond acceptors (Lipinski definition) is 4. The van der Waals surface area contributed by atoms with E-state index in [1.807, 2.05) is 26.0 Å². The maximum absolute atomic E-state index is 13.8. The molecule has 9 heteroatoms. The number of nitrogens with zero attached hydrogens (tertiary/aromatic N) is 2. The summed E-state index contributed by atoms with van der Waals surface area (Å²) in [5.74, 6) is -1.12. The summed E-state index contributed by atoms with van der Waals surface area (Å²) in [5.41, 5.74) is 1.97. The zero-order valence-corrected chi connectivity index (χ0v) is 22.9. The molecule has 1 unspecified atom stereocenters. The Morgan fingerprint density at radius 1 is 0.895 bits per heavy atom. The Kier molecular flexibility index (Phi) is 9.63. The molecule has 0 fully saturated rings. The van der Waals surface area contributed by atoms with Crippen LogP contribution in [0.3, 0.4) is 0 Å². The monoisotopic (exact) mass is 539 g/mol. The lowest BCUT2D eigenvalue weighted by Crippen LogP contribution is -2.51. The van der Waals surface area contributed by atoms with E-state index < -0.39 is 34.3 Å². The van der Waals surface area contributed by atoms with E-state index in [9.17, 15) is 22.4 Å². The average molecular weight is 540 g/mol. The van der Waals surface area contributed by atoms with E-state index in [0.717, 1.165) is 9.87 Å². The number of anilines is 1. The molecule has 0 aromatic heterocycles. The van der Waals surface area contributed by atoms with Crippen LogP contribution >= 0.6 is 0 Å². The fraction of sp³-hybridized carbons (Fsp3) is 0.310. The molecule has 0 aliphatic carbocycles. The van der Waals surface area contributed by atoms with Gasteiger partial charge in [-0.1, -0.05) is 56.3 Å². The van der Waals surface area contributed by atoms with Crippen molar-refractivity contribution in [3.63, 3.8) is 0 Å². The third-order valence-electron chi connectivity index (χ3n) is 6.24. The van der Waals surface area contributed by atoms with Crippen LogP contribution in [0.15, 0.2) is 83.8 Å². The Balaban J connectivity index is 2.02. The molecular formula is C29H34FN3O4S. The van der Waals surface area contributed by atoms with Crippen LogP contribution in [0, 0.1) is 5.82 Å². The smallest absolute Gasteiger partial charge is 0.264 e. The topological polar surface area (TPSA) is 86.8 Å². The van der Waals surface area contributed by atoms with Crippen molar-refractivity contribution < 1.29 is 22.4 Å². The van der Waals surface area contributed by atoms with E-state index in [2.05, 4.69) is 5.32 Å². The molecule has 0 bridgehead atoms. The van der Waals surface area contributed by atoms with Gasteiger partial charge in [0.1, 0.15) is 18.4 Å². The van der Waals surface area contributed by atoms with E-state index in [4.69, 9.17) is 0 Å². The number of benzene rings is 3. The van der Waals surface area contributed by atoms with Crippen molar-refractivity contribution >= 4 is 27.5 Å².